The third-order valence-electron chi connectivity index (χ3n) is 3.98. The molecule has 0 unspecified atom stereocenters. The number of carbonyl (C=O) groups excluding carboxylic acids is 1. The summed E-state index contributed by atoms with van der Waals surface area (Å²) >= 11 is 1.63. The number of nitrogens with one attached hydrogen (secondary N) is 1. The largest absolute Gasteiger partial charge is 0.466 e. The van der Waals surface area contributed by atoms with Crippen molar-refractivity contribution in [3.05, 3.63) is 11.1 Å². The first-order valence-electron chi connectivity index (χ1n) is 8.29. The Morgan fingerprint density at radius 2 is 2.16 bits per heavy atom. The molecule has 0 aliphatic carbocycles. The van der Waals surface area contributed by atoms with Crippen LogP contribution in [0.4, 0.5) is 5.13 Å². The number of hydrogen-bond donors (Lipinski definition) is 1. The number of piperidine rings is 1. The zero-order valence-corrected chi connectivity index (χ0v) is 18.5. The van der Waals surface area contributed by atoms with E-state index in [1.165, 1.54) is 0 Å². The molecule has 142 valence electrons. The van der Waals surface area contributed by atoms with Crippen molar-refractivity contribution >= 4 is 52.4 Å². The first-order valence-corrected chi connectivity index (χ1v) is 9.17. The summed E-state index contributed by atoms with van der Waals surface area (Å²) < 4.78 is 5.12. The number of thiazole rings is 1. The second-order valence-electron chi connectivity index (χ2n) is 5.93. The molecular weight excluding hydrogens is 453 g/mol. The number of aliphatic imine (C=N–C) groups is 1. The Bertz CT molecular complexity index is 571. The fourth-order valence-electron chi connectivity index (χ4n) is 2.67. The smallest absolute Gasteiger partial charge is 0.309 e. The van der Waals surface area contributed by atoms with Gasteiger partial charge in [-0.2, -0.15) is 0 Å². The molecule has 0 spiro atoms. The minimum atomic E-state index is -0.0706. The summed E-state index contributed by atoms with van der Waals surface area (Å²) in [5, 5.41) is 6.42. The number of hydrogen-bond acceptors (Lipinski definition) is 6. The molecule has 1 aromatic heterocycles. The fourth-order valence-corrected chi connectivity index (χ4v) is 3.43. The molecule has 25 heavy (non-hydrogen) atoms. The van der Waals surface area contributed by atoms with Gasteiger partial charge >= 0.3 is 5.97 Å². The SMILES string of the molecule is CCOC(=O)C1CCN(C(=NC)NCc2csc(N(C)C)n2)CC1.I. The predicted octanol–water partition coefficient (Wildman–Crippen LogP) is 2.18. The van der Waals surface area contributed by atoms with E-state index >= 15 is 0 Å². The number of rotatable bonds is 5. The lowest BCUT2D eigenvalue weighted by Crippen LogP contribution is -2.46. The van der Waals surface area contributed by atoms with Crippen LogP contribution in [0.3, 0.4) is 0 Å². The van der Waals surface area contributed by atoms with Crippen molar-refractivity contribution in [1.29, 1.82) is 0 Å². The lowest BCUT2D eigenvalue weighted by atomic mass is 9.97. The lowest BCUT2D eigenvalue weighted by molar-refractivity contribution is -0.149. The van der Waals surface area contributed by atoms with Gasteiger partial charge in [0.2, 0.25) is 0 Å². The highest BCUT2D eigenvalue weighted by molar-refractivity contribution is 14.0. The summed E-state index contributed by atoms with van der Waals surface area (Å²) in [5.41, 5.74) is 1.01. The Hall–Kier alpha value is -1.10. The standard InChI is InChI=1S/C16H27N5O2S.HI/c1-5-23-14(22)12-6-8-21(9-7-12)15(17-2)18-10-13-11-24-16(19-13)20(3)4;/h11-12H,5-10H2,1-4H3,(H,17,18);1H. The first-order chi connectivity index (χ1) is 11.5. The number of likely N-dealkylation sites (tertiary alicyclic amines) is 1. The Kier molecular flexibility index (Phi) is 9.47. The zero-order chi connectivity index (χ0) is 17.5. The van der Waals surface area contributed by atoms with E-state index in [2.05, 4.69) is 25.6 Å². The molecule has 7 nitrogen and oxygen atoms in total. The van der Waals surface area contributed by atoms with Crippen molar-refractivity contribution < 1.29 is 9.53 Å². The van der Waals surface area contributed by atoms with Crippen LogP contribution in [0.2, 0.25) is 0 Å². The number of ether oxygens (including phenoxy) is 1. The summed E-state index contributed by atoms with van der Waals surface area (Å²) in [6.07, 6.45) is 1.61. The van der Waals surface area contributed by atoms with Crippen LogP contribution in [-0.2, 0) is 16.1 Å². The average molecular weight is 481 g/mol. The van der Waals surface area contributed by atoms with Gasteiger partial charge in [-0.3, -0.25) is 9.79 Å². The fraction of sp³-hybridized carbons (Fsp3) is 0.688. The van der Waals surface area contributed by atoms with Crippen LogP contribution in [0.25, 0.3) is 0 Å². The monoisotopic (exact) mass is 481 g/mol. The Morgan fingerprint density at radius 1 is 1.48 bits per heavy atom. The second-order valence-corrected chi connectivity index (χ2v) is 6.77. The number of halogens is 1. The van der Waals surface area contributed by atoms with Crippen LogP contribution in [0, 0.1) is 5.92 Å². The number of nitrogens with zero attached hydrogens (tertiary/aromatic N) is 4. The molecule has 0 atom stereocenters. The summed E-state index contributed by atoms with van der Waals surface area (Å²) in [5.74, 6) is 0.802. The maximum atomic E-state index is 11.8. The van der Waals surface area contributed by atoms with Gasteiger partial charge in [-0.05, 0) is 19.8 Å². The molecule has 1 fully saturated rings. The van der Waals surface area contributed by atoms with Gasteiger partial charge in [0, 0.05) is 39.6 Å². The van der Waals surface area contributed by atoms with E-state index < -0.39 is 0 Å². The molecule has 1 aliphatic rings. The topological polar surface area (TPSA) is 70.1 Å². The number of aromatic nitrogens is 1. The van der Waals surface area contributed by atoms with Gasteiger partial charge in [0.1, 0.15) is 0 Å². The van der Waals surface area contributed by atoms with E-state index in [1.807, 2.05) is 25.9 Å². The summed E-state index contributed by atoms with van der Waals surface area (Å²) in [6.45, 7) is 4.56. The highest BCUT2D eigenvalue weighted by atomic mass is 127. The Labute approximate surface area is 170 Å². The van der Waals surface area contributed by atoms with Crippen LogP contribution in [-0.4, -0.2) is 62.7 Å². The van der Waals surface area contributed by atoms with Crippen molar-refractivity contribution in [2.24, 2.45) is 10.9 Å². The van der Waals surface area contributed by atoms with Gasteiger partial charge in [0.15, 0.2) is 11.1 Å². The van der Waals surface area contributed by atoms with Crippen molar-refractivity contribution in [2.45, 2.75) is 26.3 Å². The van der Waals surface area contributed by atoms with E-state index in [9.17, 15) is 4.79 Å². The van der Waals surface area contributed by atoms with E-state index in [4.69, 9.17) is 4.74 Å². The summed E-state index contributed by atoms with van der Waals surface area (Å²) in [4.78, 5) is 24.9. The molecule has 1 aliphatic heterocycles. The van der Waals surface area contributed by atoms with E-state index in [1.54, 1.807) is 18.4 Å². The normalized spacial score (nSPS) is 15.5. The van der Waals surface area contributed by atoms with Gasteiger partial charge in [0.05, 0.1) is 24.8 Å². The molecule has 0 amide bonds. The van der Waals surface area contributed by atoms with Crippen LogP contribution in [0.15, 0.2) is 10.4 Å². The van der Waals surface area contributed by atoms with Crippen molar-refractivity contribution in [2.75, 3.05) is 45.7 Å². The number of esters is 1. The highest BCUT2D eigenvalue weighted by Crippen LogP contribution is 2.20. The minimum absolute atomic E-state index is 0. The molecule has 2 rings (SSSR count). The molecule has 1 saturated heterocycles. The molecule has 2 heterocycles. The van der Waals surface area contributed by atoms with Gasteiger partial charge < -0.3 is 19.9 Å². The lowest BCUT2D eigenvalue weighted by Gasteiger charge is -2.33. The summed E-state index contributed by atoms with van der Waals surface area (Å²) in [6, 6.07) is 0. The third-order valence-corrected chi connectivity index (χ3v) is 5.03. The molecule has 0 radical (unpaired) electrons. The predicted molar refractivity (Wildman–Crippen MR) is 113 cm³/mol. The second kappa shape index (κ2) is 10.8. The van der Waals surface area contributed by atoms with E-state index in [0.717, 1.165) is 42.7 Å². The zero-order valence-electron chi connectivity index (χ0n) is 15.3. The van der Waals surface area contributed by atoms with E-state index in [-0.39, 0.29) is 35.9 Å². The molecule has 0 bridgehead atoms. The molecule has 0 saturated carbocycles. The van der Waals surface area contributed by atoms with E-state index in [0.29, 0.717) is 13.2 Å². The van der Waals surface area contributed by atoms with Crippen LogP contribution in [0.1, 0.15) is 25.5 Å². The van der Waals surface area contributed by atoms with Crippen LogP contribution >= 0.6 is 35.3 Å². The molecule has 1 N–H and O–H groups in total. The molecule has 9 heteroatoms. The Balaban J connectivity index is 0.00000312. The van der Waals surface area contributed by atoms with Crippen molar-refractivity contribution in [3.8, 4) is 0 Å². The van der Waals surface area contributed by atoms with Gasteiger partial charge in [-0.1, -0.05) is 0 Å². The Morgan fingerprint density at radius 3 is 2.68 bits per heavy atom. The summed E-state index contributed by atoms with van der Waals surface area (Å²) in [7, 11) is 5.76. The highest BCUT2D eigenvalue weighted by Gasteiger charge is 2.27. The average Bonchev–Trinajstić information content (AvgIpc) is 3.05. The van der Waals surface area contributed by atoms with Gasteiger partial charge in [-0.25, -0.2) is 4.98 Å². The molecule has 1 aromatic rings. The molecule has 0 aromatic carbocycles. The minimum Gasteiger partial charge on any atom is -0.466 e. The van der Waals surface area contributed by atoms with Crippen molar-refractivity contribution in [1.82, 2.24) is 15.2 Å². The number of guanidine groups is 1. The van der Waals surface area contributed by atoms with Gasteiger partial charge in [0.25, 0.3) is 0 Å². The quantitative estimate of drug-likeness (QED) is 0.301. The number of carbonyl (C=O) groups is 1. The maximum absolute atomic E-state index is 11.8. The molecular formula is C16H28IN5O2S. The van der Waals surface area contributed by atoms with Gasteiger partial charge in [-0.15, -0.1) is 35.3 Å². The first kappa shape index (κ1) is 21.9. The van der Waals surface area contributed by atoms with Crippen LogP contribution < -0.4 is 10.2 Å². The van der Waals surface area contributed by atoms with Crippen molar-refractivity contribution in [3.63, 3.8) is 0 Å². The van der Waals surface area contributed by atoms with Crippen LogP contribution in [0.5, 0.6) is 0 Å². The maximum Gasteiger partial charge on any atom is 0.309 e. The third kappa shape index (κ3) is 6.28. The number of anilines is 1.